The highest BCUT2D eigenvalue weighted by atomic mass is 32.1. The number of aromatic nitrogens is 2. The third-order valence-corrected chi connectivity index (χ3v) is 6.52. The topological polar surface area (TPSA) is 99.9 Å². The third-order valence-electron chi connectivity index (χ3n) is 5.64. The molecule has 10 heteroatoms. The zero-order valence-electron chi connectivity index (χ0n) is 15.6. The average Bonchev–Trinajstić information content (AvgIpc) is 3.35. The van der Waals surface area contributed by atoms with Gasteiger partial charge in [-0.15, -0.1) is 0 Å². The summed E-state index contributed by atoms with van der Waals surface area (Å²) in [7, 11) is 1.43. The Kier molecular flexibility index (Phi) is 4.21. The Hall–Kier alpha value is -2.72. The number of hydrogen-bond donors (Lipinski definition) is 2. The van der Waals surface area contributed by atoms with Crippen molar-refractivity contribution in [2.75, 3.05) is 31.7 Å². The molecule has 1 aliphatic heterocycles. The lowest BCUT2D eigenvalue weighted by Crippen LogP contribution is -2.23. The van der Waals surface area contributed by atoms with Crippen LogP contribution in [0.5, 0.6) is 0 Å². The molecule has 2 aliphatic rings. The SMILES string of the molecule is CO/N=C1\CN(c2cc3c(cc2F)c(=O)c2c(=O)[nH]sc2n3C2CC2)CC1CO. The number of hydrogen-bond acceptors (Lipinski definition) is 7. The number of aromatic amines is 1. The molecular formula is C19H19FN4O4S. The fourth-order valence-electron chi connectivity index (χ4n) is 4.11. The minimum atomic E-state index is -0.543. The lowest BCUT2D eigenvalue weighted by Gasteiger charge is -2.20. The van der Waals surface area contributed by atoms with Crippen LogP contribution in [0.1, 0.15) is 18.9 Å². The number of oxime groups is 1. The number of fused-ring (bicyclic) bond motifs is 2. The van der Waals surface area contributed by atoms with Gasteiger partial charge in [-0.25, -0.2) is 4.39 Å². The molecule has 2 N–H and O–H groups in total. The van der Waals surface area contributed by atoms with Gasteiger partial charge in [0.1, 0.15) is 23.1 Å². The Morgan fingerprint density at radius 1 is 1.38 bits per heavy atom. The van der Waals surface area contributed by atoms with Crippen LogP contribution < -0.4 is 15.9 Å². The molecule has 1 saturated heterocycles. The van der Waals surface area contributed by atoms with E-state index in [-0.39, 0.29) is 29.3 Å². The molecule has 1 atom stereocenters. The number of H-pyrrole nitrogens is 1. The Balaban J connectivity index is 1.73. The van der Waals surface area contributed by atoms with Gasteiger partial charge in [-0.1, -0.05) is 5.16 Å². The Bertz CT molecular complexity index is 1270. The van der Waals surface area contributed by atoms with Crippen molar-refractivity contribution in [2.24, 2.45) is 11.1 Å². The first-order chi connectivity index (χ1) is 14.0. The van der Waals surface area contributed by atoms with Gasteiger partial charge < -0.3 is 19.4 Å². The van der Waals surface area contributed by atoms with Gasteiger partial charge in [-0.2, -0.15) is 0 Å². The summed E-state index contributed by atoms with van der Waals surface area (Å²) in [6.07, 6.45) is 1.90. The summed E-state index contributed by atoms with van der Waals surface area (Å²) in [5, 5.41) is 13.9. The molecule has 5 rings (SSSR count). The van der Waals surface area contributed by atoms with E-state index in [0.29, 0.717) is 34.8 Å². The van der Waals surface area contributed by atoms with Crippen LogP contribution in [-0.4, -0.2) is 46.6 Å². The van der Waals surface area contributed by atoms with Gasteiger partial charge in [0, 0.05) is 23.9 Å². The number of nitrogens with zero attached hydrogens (tertiary/aromatic N) is 3. The van der Waals surface area contributed by atoms with E-state index in [1.165, 1.54) is 13.2 Å². The van der Waals surface area contributed by atoms with Crippen LogP contribution in [0, 0.1) is 11.7 Å². The van der Waals surface area contributed by atoms with Gasteiger partial charge in [-0.3, -0.25) is 14.0 Å². The maximum absolute atomic E-state index is 15.1. The molecule has 3 aromatic rings. The van der Waals surface area contributed by atoms with E-state index < -0.39 is 16.8 Å². The normalized spacial score (nSPS) is 21.0. The molecule has 0 radical (unpaired) electrons. The van der Waals surface area contributed by atoms with E-state index in [1.807, 2.05) is 4.57 Å². The number of pyridine rings is 1. The second-order valence-corrected chi connectivity index (χ2v) is 8.28. The molecular weight excluding hydrogens is 399 g/mol. The van der Waals surface area contributed by atoms with Crippen molar-refractivity contribution in [1.82, 2.24) is 8.94 Å². The zero-order valence-corrected chi connectivity index (χ0v) is 16.5. The summed E-state index contributed by atoms with van der Waals surface area (Å²) in [5.74, 6) is -0.786. The zero-order chi connectivity index (χ0) is 20.3. The monoisotopic (exact) mass is 418 g/mol. The fourth-order valence-corrected chi connectivity index (χ4v) is 5.03. The third kappa shape index (κ3) is 2.77. The van der Waals surface area contributed by atoms with Crippen LogP contribution in [0.15, 0.2) is 26.9 Å². The molecule has 2 fully saturated rings. The smallest absolute Gasteiger partial charge is 0.271 e. The molecule has 1 unspecified atom stereocenters. The molecule has 152 valence electrons. The standard InChI is InChI=1S/C19H19FN4O4S/c1-28-21-13-7-23(6-9(13)8-25)15-5-14-11(4-12(15)20)17(26)16-18(27)22-29-19(16)24(14)10-2-3-10/h4-5,9-10,25H,2-3,6-8H2,1H3,(H,22,27)/b21-13+. The molecule has 29 heavy (non-hydrogen) atoms. The van der Waals surface area contributed by atoms with Crippen LogP contribution in [0.2, 0.25) is 0 Å². The van der Waals surface area contributed by atoms with Crippen molar-refractivity contribution in [1.29, 1.82) is 0 Å². The lowest BCUT2D eigenvalue weighted by atomic mass is 10.1. The summed E-state index contributed by atoms with van der Waals surface area (Å²) >= 11 is 1.14. The summed E-state index contributed by atoms with van der Waals surface area (Å²) in [4.78, 5) is 32.3. The van der Waals surface area contributed by atoms with Crippen molar-refractivity contribution >= 4 is 44.1 Å². The van der Waals surface area contributed by atoms with Crippen LogP contribution in [0.25, 0.3) is 21.1 Å². The van der Waals surface area contributed by atoms with Crippen molar-refractivity contribution in [3.63, 3.8) is 0 Å². The van der Waals surface area contributed by atoms with E-state index in [2.05, 4.69) is 9.53 Å². The van der Waals surface area contributed by atoms with Gasteiger partial charge in [-0.05, 0) is 36.5 Å². The predicted octanol–water partition coefficient (Wildman–Crippen LogP) is 1.81. The van der Waals surface area contributed by atoms with Crippen molar-refractivity contribution in [3.8, 4) is 0 Å². The summed E-state index contributed by atoms with van der Waals surface area (Å²) in [5.41, 5.74) is 0.730. The molecule has 1 aromatic carbocycles. The molecule has 3 heterocycles. The van der Waals surface area contributed by atoms with Gasteiger partial charge in [0.25, 0.3) is 5.56 Å². The van der Waals surface area contributed by atoms with E-state index in [9.17, 15) is 14.7 Å². The van der Waals surface area contributed by atoms with Gasteiger partial charge >= 0.3 is 0 Å². The van der Waals surface area contributed by atoms with Crippen LogP contribution in [-0.2, 0) is 4.84 Å². The largest absolute Gasteiger partial charge is 0.399 e. The Morgan fingerprint density at radius 3 is 2.86 bits per heavy atom. The number of aliphatic hydroxyl groups excluding tert-OH is 1. The molecule has 2 aromatic heterocycles. The lowest BCUT2D eigenvalue weighted by molar-refractivity contribution is 0.207. The molecule has 0 amide bonds. The van der Waals surface area contributed by atoms with E-state index >= 15 is 4.39 Å². The Labute approximate surface area is 168 Å². The number of nitrogens with one attached hydrogen (secondary N) is 1. The molecule has 0 bridgehead atoms. The summed E-state index contributed by atoms with van der Waals surface area (Å²) < 4.78 is 19.7. The highest BCUT2D eigenvalue weighted by molar-refractivity contribution is 7.12. The van der Waals surface area contributed by atoms with Gasteiger partial charge in [0.2, 0.25) is 5.43 Å². The summed E-state index contributed by atoms with van der Waals surface area (Å²) in [6.45, 7) is 0.613. The average molecular weight is 418 g/mol. The first-order valence-corrected chi connectivity index (χ1v) is 10.2. The minimum Gasteiger partial charge on any atom is -0.399 e. The molecule has 0 spiro atoms. The summed E-state index contributed by atoms with van der Waals surface area (Å²) in [6, 6.07) is 3.10. The second-order valence-electron chi connectivity index (χ2n) is 7.49. The number of anilines is 1. The molecule has 8 nitrogen and oxygen atoms in total. The van der Waals surface area contributed by atoms with Crippen molar-refractivity contribution in [2.45, 2.75) is 18.9 Å². The highest BCUT2D eigenvalue weighted by Crippen LogP contribution is 2.41. The first-order valence-electron chi connectivity index (χ1n) is 9.38. The van der Waals surface area contributed by atoms with E-state index in [4.69, 9.17) is 4.84 Å². The quantitative estimate of drug-likeness (QED) is 0.630. The molecule has 1 aliphatic carbocycles. The van der Waals surface area contributed by atoms with Crippen LogP contribution >= 0.6 is 11.5 Å². The highest BCUT2D eigenvalue weighted by Gasteiger charge is 2.33. The second kappa shape index (κ2) is 6.67. The molecule has 1 saturated carbocycles. The van der Waals surface area contributed by atoms with E-state index in [1.54, 1.807) is 11.0 Å². The van der Waals surface area contributed by atoms with Crippen LogP contribution in [0.3, 0.4) is 0 Å². The number of benzene rings is 1. The maximum Gasteiger partial charge on any atom is 0.271 e. The van der Waals surface area contributed by atoms with E-state index in [0.717, 1.165) is 24.4 Å². The van der Waals surface area contributed by atoms with Crippen LogP contribution in [0.4, 0.5) is 10.1 Å². The van der Waals surface area contributed by atoms with Gasteiger partial charge in [0.15, 0.2) is 0 Å². The number of halogens is 1. The van der Waals surface area contributed by atoms with Gasteiger partial charge in [0.05, 0.1) is 30.1 Å². The Morgan fingerprint density at radius 2 is 2.17 bits per heavy atom. The predicted molar refractivity (Wildman–Crippen MR) is 110 cm³/mol. The fraction of sp³-hybridized carbons (Fsp3) is 0.421. The number of aliphatic hydroxyl groups is 1. The minimum absolute atomic E-state index is 0.0950. The maximum atomic E-state index is 15.1. The number of rotatable bonds is 4. The van der Waals surface area contributed by atoms with Crippen molar-refractivity contribution < 1.29 is 14.3 Å². The van der Waals surface area contributed by atoms with Crippen molar-refractivity contribution in [3.05, 3.63) is 38.5 Å². The first kappa shape index (κ1) is 18.3.